The normalized spacial score (nSPS) is 10.4. The van der Waals surface area contributed by atoms with Crippen molar-refractivity contribution < 1.29 is 4.74 Å². The zero-order valence-electron chi connectivity index (χ0n) is 8.88. The molecule has 0 unspecified atom stereocenters. The molecule has 0 saturated carbocycles. The van der Waals surface area contributed by atoms with Crippen LogP contribution in [0.5, 0.6) is 5.75 Å². The van der Waals surface area contributed by atoms with Crippen molar-refractivity contribution in [2.24, 2.45) is 0 Å². The number of aromatic nitrogens is 1. The minimum absolute atomic E-state index is 0.480. The molecule has 0 aliphatic heterocycles. The van der Waals surface area contributed by atoms with Crippen molar-refractivity contribution in [2.75, 3.05) is 7.11 Å². The van der Waals surface area contributed by atoms with Gasteiger partial charge in [-0.05, 0) is 18.2 Å². The molecule has 5 heteroatoms. The summed E-state index contributed by atoms with van der Waals surface area (Å²) in [6, 6.07) is 6.87. The summed E-state index contributed by atoms with van der Waals surface area (Å²) in [6.07, 6.45) is 1.59. The van der Waals surface area contributed by atoms with Crippen LogP contribution in [0.15, 0.2) is 30.5 Å². The van der Waals surface area contributed by atoms with E-state index in [-0.39, 0.29) is 0 Å². The van der Waals surface area contributed by atoms with Gasteiger partial charge in [0.2, 0.25) is 0 Å². The topological polar surface area (TPSA) is 22.1 Å². The Hall–Kier alpha value is -0.960. The minimum Gasteiger partial charge on any atom is -0.495 e. The Kier molecular flexibility index (Phi) is 3.77. The number of halogens is 3. The van der Waals surface area contributed by atoms with Crippen LogP contribution in [0.4, 0.5) is 0 Å². The first-order chi connectivity index (χ1) is 8.11. The van der Waals surface area contributed by atoms with Gasteiger partial charge in [0, 0.05) is 16.7 Å². The third-order valence-electron chi connectivity index (χ3n) is 2.24. The van der Waals surface area contributed by atoms with Crippen LogP contribution in [0.1, 0.15) is 0 Å². The smallest absolute Gasteiger partial charge is 0.138 e. The first kappa shape index (κ1) is 12.5. The molecule has 0 aliphatic rings. The van der Waals surface area contributed by atoms with Crippen molar-refractivity contribution >= 4 is 34.8 Å². The maximum Gasteiger partial charge on any atom is 0.138 e. The molecule has 0 fully saturated rings. The van der Waals surface area contributed by atoms with Crippen LogP contribution in [0.3, 0.4) is 0 Å². The van der Waals surface area contributed by atoms with Gasteiger partial charge in [-0.2, -0.15) is 0 Å². The summed E-state index contributed by atoms with van der Waals surface area (Å²) in [7, 11) is 1.56. The molecule has 0 radical (unpaired) electrons. The summed E-state index contributed by atoms with van der Waals surface area (Å²) in [5.41, 5.74) is 1.35. The Morgan fingerprint density at radius 1 is 1.06 bits per heavy atom. The molecule has 1 aromatic carbocycles. The number of benzene rings is 1. The molecule has 2 aromatic rings. The second-order valence-corrected chi connectivity index (χ2v) is 4.58. The van der Waals surface area contributed by atoms with Crippen molar-refractivity contribution in [1.82, 2.24) is 4.98 Å². The fourth-order valence-electron chi connectivity index (χ4n) is 1.41. The highest BCUT2D eigenvalue weighted by molar-refractivity contribution is 6.38. The maximum absolute atomic E-state index is 6.12. The van der Waals surface area contributed by atoms with E-state index in [4.69, 9.17) is 39.5 Å². The lowest BCUT2D eigenvalue weighted by molar-refractivity contribution is 0.413. The van der Waals surface area contributed by atoms with E-state index in [0.29, 0.717) is 26.5 Å². The van der Waals surface area contributed by atoms with Crippen LogP contribution >= 0.6 is 34.8 Å². The summed E-state index contributed by atoms with van der Waals surface area (Å²) >= 11 is 18.0. The molecular formula is C12H8Cl3NO. The summed E-state index contributed by atoms with van der Waals surface area (Å²) in [5.74, 6) is 0.601. The Bertz CT molecular complexity index is 557. The fourth-order valence-corrected chi connectivity index (χ4v) is 2.17. The van der Waals surface area contributed by atoms with Gasteiger partial charge in [-0.1, -0.05) is 34.8 Å². The average molecular weight is 289 g/mol. The molecule has 0 aliphatic carbocycles. The summed E-state index contributed by atoms with van der Waals surface area (Å²) in [5, 5.41) is 1.56. The molecule has 1 aromatic heterocycles. The highest BCUT2D eigenvalue weighted by Gasteiger charge is 2.10. The van der Waals surface area contributed by atoms with E-state index in [1.807, 2.05) is 0 Å². The van der Waals surface area contributed by atoms with Crippen molar-refractivity contribution in [3.8, 4) is 17.0 Å². The number of methoxy groups -OCH3 is 1. The number of hydrogen-bond acceptors (Lipinski definition) is 2. The molecule has 0 bridgehead atoms. The lowest BCUT2D eigenvalue weighted by Gasteiger charge is -2.07. The third kappa shape index (κ3) is 2.65. The van der Waals surface area contributed by atoms with E-state index >= 15 is 0 Å². The van der Waals surface area contributed by atoms with Crippen LogP contribution in [-0.4, -0.2) is 12.1 Å². The van der Waals surface area contributed by atoms with Crippen LogP contribution in [-0.2, 0) is 0 Å². The SMILES string of the molecule is COc1cnc(-c2ccc(Cl)cc2Cl)c(Cl)c1. The van der Waals surface area contributed by atoms with Crippen molar-refractivity contribution in [2.45, 2.75) is 0 Å². The first-order valence-corrected chi connectivity index (χ1v) is 5.90. The summed E-state index contributed by atoms with van der Waals surface area (Å²) < 4.78 is 5.03. The summed E-state index contributed by atoms with van der Waals surface area (Å²) in [6.45, 7) is 0. The average Bonchev–Trinajstić information content (AvgIpc) is 2.30. The predicted octanol–water partition coefficient (Wildman–Crippen LogP) is 4.72. The Labute approximate surface area is 114 Å². The molecular weight excluding hydrogens is 280 g/mol. The van der Waals surface area contributed by atoms with Crippen molar-refractivity contribution in [3.63, 3.8) is 0 Å². The second kappa shape index (κ2) is 5.13. The number of rotatable bonds is 2. The lowest BCUT2D eigenvalue weighted by atomic mass is 10.1. The van der Waals surface area contributed by atoms with Crippen LogP contribution in [0, 0.1) is 0 Å². The van der Waals surface area contributed by atoms with E-state index in [1.54, 1.807) is 37.6 Å². The Balaban J connectivity index is 2.53. The van der Waals surface area contributed by atoms with Crippen LogP contribution in [0.25, 0.3) is 11.3 Å². The number of hydrogen-bond donors (Lipinski definition) is 0. The number of nitrogens with zero attached hydrogens (tertiary/aromatic N) is 1. The molecule has 0 N–H and O–H groups in total. The molecule has 1 heterocycles. The molecule has 88 valence electrons. The Morgan fingerprint density at radius 3 is 2.41 bits per heavy atom. The second-order valence-electron chi connectivity index (χ2n) is 3.33. The van der Waals surface area contributed by atoms with Gasteiger partial charge in [0.25, 0.3) is 0 Å². The molecule has 2 nitrogen and oxygen atoms in total. The van der Waals surface area contributed by atoms with Gasteiger partial charge in [-0.25, -0.2) is 0 Å². The van der Waals surface area contributed by atoms with Gasteiger partial charge in [0.15, 0.2) is 0 Å². The molecule has 0 atom stereocenters. The highest BCUT2D eigenvalue weighted by Crippen LogP contribution is 2.34. The predicted molar refractivity (Wildman–Crippen MR) is 71.3 cm³/mol. The first-order valence-electron chi connectivity index (χ1n) is 4.77. The van der Waals surface area contributed by atoms with Gasteiger partial charge in [0.05, 0.1) is 29.0 Å². The zero-order chi connectivity index (χ0) is 12.4. The fraction of sp³-hybridized carbons (Fsp3) is 0.0833. The van der Waals surface area contributed by atoms with E-state index < -0.39 is 0 Å². The maximum atomic E-state index is 6.12. The Morgan fingerprint density at radius 2 is 1.82 bits per heavy atom. The van der Waals surface area contributed by atoms with Gasteiger partial charge >= 0.3 is 0 Å². The van der Waals surface area contributed by atoms with E-state index in [2.05, 4.69) is 4.98 Å². The van der Waals surface area contributed by atoms with Crippen LogP contribution < -0.4 is 4.74 Å². The van der Waals surface area contributed by atoms with Gasteiger partial charge < -0.3 is 4.74 Å². The van der Waals surface area contributed by atoms with Crippen molar-refractivity contribution in [3.05, 3.63) is 45.5 Å². The molecule has 0 amide bonds. The third-order valence-corrected chi connectivity index (χ3v) is 3.07. The largest absolute Gasteiger partial charge is 0.495 e. The van der Waals surface area contributed by atoms with Gasteiger partial charge in [-0.3, -0.25) is 4.98 Å². The van der Waals surface area contributed by atoms with E-state index in [0.717, 1.165) is 5.56 Å². The molecule has 0 saturated heterocycles. The minimum atomic E-state index is 0.480. The highest BCUT2D eigenvalue weighted by atomic mass is 35.5. The standard InChI is InChI=1S/C12H8Cl3NO/c1-17-8-5-11(15)12(16-6-8)9-3-2-7(13)4-10(9)14/h2-6H,1H3. The number of pyridine rings is 1. The van der Waals surface area contributed by atoms with E-state index in [9.17, 15) is 0 Å². The molecule has 2 rings (SSSR count). The quantitative estimate of drug-likeness (QED) is 0.798. The van der Waals surface area contributed by atoms with Gasteiger partial charge in [-0.15, -0.1) is 0 Å². The number of ether oxygens (including phenoxy) is 1. The monoisotopic (exact) mass is 287 g/mol. The molecule has 0 spiro atoms. The lowest BCUT2D eigenvalue weighted by Crippen LogP contribution is -1.89. The van der Waals surface area contributed by atoms with Crippen molar-refractivity contribution in [1.29, 1.82) is 0 Å². The van der Waals surface area contributed by atoms with Crippen LogP contribution in [0.2, 0.25) is 15.1 Å². The zero-order valence-corrected chi connectivity index (χ0v) is 11.1. The molecule has 17 heavy (non-hydrogen) atoms. The van der Waals surface area contributed by atoms with E-state index in [1.165, 1.54) is 0 Å². The summed E-state index contributed by atoms with van der Waals surface area (Å²) in [4.78, 5) is 4.23. The van der Waals surface area contributed by atoms with Gasteiger partial charge in [0.1, 0.15) is 5.75 Å².